The van der Waals surface area contributed by atoms with Crippen molar-refractivity contribution in [2.24, 2.45) is 0 Å². The fraction of sp³-hybridized carbons (Fsp3) is 0.407. The third kappa shape index (κ3) is 8.60. The van der Waals surface area contributed by atoms with Crippen molar-refractivity contribution in [3.05, 3.63) is 53.9 Å². The number of benzene rings is 1. The summed E-state index contributed by atoms with van der Waals surface area (Å²) in [4.78, 5) is 61.7. The second-order valence-electron chi connectivity index (χ2n) is 8.94. The number of carbonyl (C=O) groups excluding carboxylic acids is 3. The zero-order chi connectivity index (χ0) is 28.4. The van der Waals surface area contributed by atoms with Crippen LogP contribution in [0.1, 0.15) is 42.9 Å². The van der Waals surface area contributed by atoms with E-state index >= 15 is 0 Å². The molecule has 2 unspecified atom stereocenters. The van der Waals surface area contributed by atoms with Crippen molar-refractivity contribution in [3.8, 4) is 11.4 Å². The smallest absolute Gasteiger partial charge is 0.409 e. The van der Waals surface area contributed by atoms with E-state index in [2.05, 4.69) is 15.3 Å². The Balaban J connectivity index is 1.82. The first-order valence-corrected chi connectivity index (χ1v) is 12.7. The lowest BCUT2D eigenvalue weighted by molar-refractivity contribution is -0.138. The first kappa shape index (κ1) is 29.2. The standard InChI is InChI=1S/C27H33N5O7/c1-3-39-27(38)32-15-13-31(14-16-32)26(37)21(11-12-23(34)35)30-25(36)22-17-20(10-9-18(2)33)28-24(29-22)19-7-5-4-6-8-19/h4-10,17-18,21,33H,3,11-16H2,1-2H3,(H,30,36)(H,34,35). The van der Waals surface area contributed by atoms with Crippen LogP contribution in [0.3, 0.4) is 0 Å². The van der Waals surface area contributed by atoms with Gasteiger partial charge in [0.15, 0.2) is 5.82 Å². The molecule has 1 aromatic heterocycles. The molecule has 12 heteroatoms. The van der Waals surface area contributed by atoms with Crippen molar-refractivity contribution in [2.75, 3.05) is 32.8 Å². The number of aliphatic hydroxyl groups is 1. The number of ether oxygens (including phenoxy) is 1. The summed E-state index contributed by atoms with van der Waals surface area (Å²) in [6.07, 6.45) is 1.42. The molecule has 1 saturated heterocycles. The molecule has 2 aromatic rings. The molecule has 1 aliphatic rings. The number of piperazine rings is 1. The fourth-order valence-electron chi connectivity index (χ4n) is 3.92. The SMILES string of the molecule is CCOC(=O)N1CCN(C(=O)C(CCC(=O)O)NC(=O)c2cc(C=CC(C)O)nc(-c3ccccc3)n2)CC1. The zero-order valence-electron chi connectivity index (χ0n) is 21.9. The van der Waals surface area contributed by atoms with Crippen molar-refractivity contribution < 1.29 is 34.1 Å². The summed E-state index contributed by atoms with van der Waals surface area (Å²) in [5.41, 5.74) is 1.02. The second-order valence-corrected chi connectivity index (χ2v) is 8.94. The third-order valence-corrected chi connectivity index (χ3v) is 5.92. The minimum absolute atomic E-state index is 0.0191. The van der Waals surface area contributed by atoms with Gasteiger partial charge in [-0.15, -0.1) is 0 Å². The number of nitrogens with zero attached hydrogens (tertiary/aromatic N) is 4. The molecule has 0 spiro atoms. The molecule has 208 valence electrons. The van der Waals surface area contributed by atoms with Gasteiger partial charge in [0, 0.05) is 38.2 Å². The molecule has 3 rings (SSSR count). The summed E-state index contributed by atoms with van der Waals surface area (Å²) in [5.74, 6) is -1.94. The maximum atomic E-state index is 13.3. The Kier molecular flexibility index (Phi) is 10.5. The van der Waals surface area contributed by atoms with Crippen LogP contribution in [-0.2, 0) is 14.3 Å². The van der Waals surface area contributed by atoms with Gasteiger partial charge in [0.25, 0.3) is 5.91 Å². The van der Waals surface area contributed by atoms with Gasteiger partial charge in [-0.25, -0.2) is 14.8 Å². The summed E-state index contributed by atoms with van der Waals surface area (Å²) in [5, 5.41) is 21.5. The summed E-state index contributed by atoms with van der Waals surface area (Å²) in [6.45, 7) is 4.49. The summed E-state index contributed by atoms with van der Waals surface area (Å²) in [7, 11) is 0. The molecule has 0 bridgehead atoms. The Labute approximate surface area is 226 Å². The number of nitrogens with one attached hydrogen (secondary N) is 1. The lowest BCUT2D eigenvalue weighted by Gasteiger charge is -2.35. The van der Waals surface area contributed by atoms with Gasteiger partial charge in [0.2, 0.25) is 5.91 Å². The number of aliphatic hydroxyl groups excluding tert-OH is 1. The van der Waals surface area contributed by atoms with Gasteiger partial charge in [-0.1, -0.05) is 36.4 Å². The predicted molar refractivity (Wildman–Crippen MR) is 141 cm³/mol. The molecule has 0 aliphatic carbocycles. The molecule has 3 amide bonds. The molecule has 0 radical (unpaired) electrons. The number of hydrogen-bond acceptors (Lipinski definition) is 8. The van der Waals surface area contributed by atoms with Crippen molar-refractivity contribution in [3.63, 3.8) is 0 Å². The topological polar surface area (TPSA) is 162 Å². The number of carboxylic acid groups (broad SMARTS) is 1. The average molecular weight is 540 g/mol. The number of rotatable bonds is 10. The molecule has 1 aliphatic heterocycles. The predicted octanol–water partition coefficient (Wildman–Crippen LogP) is 1.80. The van der Waals surface area contributed by atoms with E-state index in [1.807, 2.05) is 6.07 Å². The minimum Gasteiger partial charge on any atom is -0.481 e. The highest BCUT2D eigenvalue weighted by molar-refractivity contribution is 5.97. The first-order chi connectivity index (χ1) is 18.7. The van der Waals surface area contributed by atoms with E-state index in [-0.39, 0.29) is 57.1 Å². The quantitative estimate of drug-likeness (QED) is 0.409. The van der Waals surface area contributed by atoms with Gasteiger partial charge in [0.05, 0.1) is 18.4 Å². The molecule has 0 saturated carbocycles. The normalized spacial score (nSPS) is 15.1. The largest absolute Gasteiger partial charge is 0.481 e. The Morgan fingerprint density at radius 3 is 2.36 bits per heavy atom. The Hall–Kier alpha value is -4.32. The molecular weight excluding hydrogens is 506 g/mol. The van der Waals surface area contributed by atoms with Crippen molar-refractivity contribution >= 4 is 30.0 Å². The number of aliphatic carboxylic acids is 1. The average Bonchev–Trinajstić information content (AvgIpc) is 2.94. The van der Waals surface area contributed by atoms with Crippen LogP contribution in [0.2, 0.25) is 0 Å². The van der Waals surface area contributed by atoms with Crippen LogP contribution in [0.25, 0.3) is 17.5 Å². The van der Waals surface area contributed by atoms with Crippen LogP contribution in [0.4, 0.5) is 4.79 Å². The summed E-state index contributed by atoms with van der Waals surface area (Å²) >= 11 is 0. The van der Waals surface area contributed by atoms with Crippen LogP contribution >= 0.6 is 0 Å². The maximum absolute atomic E-state index is 13.3. The Morgan fingerprint density at radius 2 is 1.74 bits per heavy atom. The van der Waals surface area contributed by atoms with Gasteiger partial charge in [-0.3, -0.25) is 14.4 Å². The highest BCUT2D eigenvalue weighted by Gasteiger charge is 2.31. The van der Waals surface area contributed by atoms with Gasteiger partial charge in [-0.05, 0) is 32.4 Å². The fourth-order valence-corrected chi connectivity index (χ4v) is 3.92. The molecule has 2 atom stereocenters. The number of carbonyl (C=O) groups is 4. The molecule has 2 heterocycles. The van der Waals surface area contributed by atoms with Gasteiger partial charge in [0.1, 0.15) is 11.7 Å². The van der Waals surface area contributed by atoms with Gasteiger partial charge in [-0.2, -0.15) is 0 Å². The Bertz CT molecular complexity index is 1190. The van der Waals surface area contributed by atoms with Crippen molar-refractivity contribution in [1.82, 2.24) is 25.1 Å². The van der Waals surface area contributed by atoms with E-state index < -0.39 is 36.0 Å². The van der Waals surface area contributed by atoms with E-state index in [0.29, 0.717) is 11.3 Å². The van der Waals surface area contributed by atoms with Crippen LogP contribution in [-0.4, -0.2) is 98.8 Å². The van der Waals surface area contributed by atoms with E-state index in [1.165, 1.54) is 21.9 Å². The molecule has 1 aromatic carbocycles. The summed E-state index contributed by atoms with van der Waals surface area (Å²) in [6, 6.07) is 9.33. The number of aromatic nitrogens is 2. The zero-order valence-corrected chi connectivity index (χ0v) is 21.9. The molecule has 12 nitrogen and oxygen atoms in total. The molecular formula is C27H33N5O7. The highest BCUT2D eigenvalue weighted by Crippen LogP contribution is 2.17. The lowest BCUT2D eigenvalue weighted by Crippen LogP contribution is -2.56. The third-order valence-electron chi connectivity index (χ3n) is 5.92. The lowest BCUT2D eigenvalue weighted by atomic mass is 10.1. The van der Waals surface area contributed by atoms with E-state index in [4.69, 9.17) is 4.74 Å². The molecule has 3 N–H and O–H groups in total. The number of hydrogen-bond donors (Lipinski definition) is 3. The van der Waals surface area contributed by atoms with Crippen LogP contribution < -0.4 is 5.32 Å². The summed E-state index contributed by atoms with van der Waals surface area (Å²) < 4.78 is 5.00. The number of carboxylic acids is 1. The maximum Gasteiger partial charge on any atom is 0.409 e. The van der Waals surface area contributed by atoms with E-state index in [9.17, 15) is 29.4 Å². The second kappa shape index (κ2) is 14.0. The molecule has 1 fully saturated rings. The van der Waals surface area contributed by atoms with E-state index in [0.717, 1.165) is 0 Å². The highest BCUT2D eigenvalue weighted by atomic mass is 16.6. The van der Waals surface area contributed by atoms with Crippen LogP contribution in [0.5, 0.6) is 0 Å². The first-order valence-electron chi connectivity index (χ1n) is 12.7. The van der Waals surface area contributed by atoms with E-state index in [1.54, 1.807) is 44.2 Å². The van der Waals surface area contributed by atoms with Gasteiger partial charge < -0.3 is 30.1 Å². The van der Waals surface area contributed by atoms with Crippen LogP contribution in [0.15, 0.2) is 42.5 Å². The van der Waals surface area contributed by atoms with Crippen molar-refractivity contribution in [1.29, 1.82) is 0 Å². The van der Waals surface area contributed by atoms with Crippen LogP contribution in [0, 0.1) is 0 Å². The van der Waals surface area contributed by atoms with Crippen molar-refractivity contribution in [2.45, 2.75) is 38.8 Å². The molecule has 39 heavy (non-hydrogen) atoms. The minimum atomic E-state index is -1.12. The van der Waals surface area contributed by atoms with Gasteiger partial charge >= 0.3 is 12.1 Å². The number of amides is 3. The monoisotopic (exact) mass is 539 g/mol. The Morgan fingerprint density at radius 1 is 1.08 bits per heavy atom.